The van der Waals surface area contributed by atoms with Crippen molar-refractivity contribution in [1.29, 1.82) is 0 Å². The van der Waals surface area contributed by atoms with E-state index in [1.54, 1.807) is 0 Å². The van der Waals surface area contributed by atoms with Crippen LogP contribution in [0.4, 0.5) is 4.79 Å². The lowest BCUT2D eigenvalue weighted by molar-refractivity contribution is -0.142. The van der Waals surface area contributed by atoms with Gasteiger partial charge in [0.15, 0.2) is 0 Å². The lowest BCUT2D eigenvalue weighted by Crippen LogP contribution is -2.52. The first kappa shape index (κ1) is 15.3. The molecule has 1 atom stereocenters. The molecule has 1 heterocycles. The molecule has 0 fully saturated rings. The van der Waals surface area contributed by atoms with Crippen molar-refractivity contribution >= 4 is 12.0 Å². The van der Waals surface area contributed by atoms with E-state index >= 15 is 0 Å². The minimum absolute atomic E-state index is 0.321. The van der Waals surface area contributed by atoms with Gasteiger partial charge in [0, 0.05) is 26.1 Å². The van der Waals surface area contributed by atoms with Crippen LogP contribution in [0.5, 0.6) is 0 Å². The summed E-state index contributed by atoms with van der Waals surface area (Å²) in [4.78, 5) is 27.0. The summed E-state index contributed by atoms with van der Waals surface area (Å²) in [6.45, 7) is 1.55. The second-order valence-corrected chi connectivity index (χ2v) is 5.49. The number of aliphatic carboxylic acids is 1. The maximum absolute atomic E-state index is 12.2. The van der Waals surface area contributed by atoms with Crippen molar-refractivity contribution in [2.24, 2.45) is 0 Å². The highest BCUT2D eigenvalue weighted by Gasteiger charge is 2.34. The zero-order valence-corrected chi connectivity index (χ0v) is 12.4. The topological polar surface area (TPSA) is 72.9 Å². The molecule has 2 rings (SSSR count). The highest BCUT2D eigenvalue weighted by Crippen LogP contribution is 2.23. The quantitative estimate of drug-likeness (QED) is 0.859. The smallest absolute Gasteiger partial charge is 0.326 e. The summed E-state index contributed by atoms with van der Waals surface area (Å²) in [6, 6.07) is 6.53. The molecule has 1 aliphatic rings. The van der Waals surface area contributed by atoms with Crippen LogP contribution in [0, 0.1) is 0 Å². The molecule has 0 saturated heterocycles. The van der Waals surface area contributed by atoms with Crippen LogP contribution in [-0.4, -0.2) is 60.1 Å². The highest BCUT2D eigenvalue weighted by molar-refractivity contribution is 5.83. The standard InChI is InChI=1S/C15H21N3O3/c1-17(2)8-7-16-15(21)18-10-12-6-4-3-5-11(12)9-13(18)14(19)20/h3-6,13H,7-10H2,1-2H3,(H,16,21)(H,19,20)/t13-/m0/s1. The second-order valence-electron chi connectivity index (χ2n) is 5.49. The van der Waals surface area contributed by atoms with Crippen LogP contribution in [0.25, 0.3) is 0 Å². The lowest BCUT2D eigenvalue weighted by atomic mass is 9.94. The third kappa shape index (κ3) is 3.72. The third-order valence-electron chi connectivity index (χ3n) is 3.63. The summed E-state index contributed by atoms with van der Waals surface area (Å²) in [5, 5.41) is 12.1. The van der Waals surface area contributed by atoms with Crippen molar-refractivity contribution < 1.29 is 14.7 Å². The molecule has 21 heavy (non-hydrogen) atoms. The minimum Gasteiger partial charge on any atom is -0.480 e. The molecule has 6 nitrogen and oxygen atoms in total. The molecule has 0 spiro atoms. The van der Waals surface area contributed by atoms with Crippen molar-refractivity contribution in [1.82, 2.24) is 15.1 Å². The maximum atomic E-state index is 12.2. The van der Waals surface area contributed by atoms with Gasteiger partial charge in [0.1, 0.15) is 6.04 Å². The number of amides is 2. The van der Waals surface area contributed by atoms with Crippen LogP contribution >= 0.6 is 0 Å². The Morgan fingerprint density at radius 1 is 1.33 bits per heavy atom. The Balaban J connectivity index is 2.09. The van der Waals surface area contributed by atoms with Gasteiger partial charge in [0.05, 0.1) is 0 Å². The van der Waals surface area contributed by atoms with Gasteiger partial charge in [0.25, 0.3) is 0 Å². The van der Waals surface area contributed by atoms with E-state index in [2.05, 4.69) is 5.32 Å². The molecule has 1 aromatic carbocycles. The van der Waals surface area contributed by atoms with Crippen LogP contribution in [0.2, 0.25) is 0 Å². The number of urea groups is 1. The molecule has 1 aliphatic heterocycles. The average molecular weight is 291 g/mol. The Bertz CT molecular complexity index is 531. The molecule has 0 unspecified atom stereocenters. The second kappa shape index (κ2) is 6.58. The summed E-state index contributed by atoms with van der Waals surface area (Å²) in [5.74, 6) is -0.965. The molecule has 2 amide bonds. The van der Waals surface area contributed by atoms with E-state index in [0.717, 1.165) is 11.1 Å². The molecular formula is C15H21N3O3. The van der Waals surface area contributed by atoms with Gasteiger partial charge >= 0.3 is 12.0 Å². The molecule has 0 aromatic heterocycles. The molecule has 6 heteroatoms. The minimum atomic E-state index is -0.965. The van der Waals surface area contributed by atoms with Gasteiger partial charge in [-0.1, -0.05) is 24.3 Å². The number of benzene rings is 1. The monoisotopic (exact) mass is 291 g/mol. The number of carbonyl (C=O) groups is 2. The van der Waals surface area contributed by atoms with Crippen molar-refractivity contribution in [3.8, 4) is 0 Å². The largest absolute Gasteiger partial charge is 0.480 e. The van der Waals surface area contributed by atoms with Crippen LogP contribution < -0.4 is 5.32 Å². The number of likely N-dealkylation sites (N-methyl/N-ethyl adjacent to an activating group) is 1. The van der Waals surface area contributed by atoms with Crippen molar-refractivity contribution in [2.75, 3.05) is 27.2 Å². The number of carboxylic acid groups (broad SMARTS) is 1. The zero-order valence-electron chi connectivity index (χ0n) is 12.4. The summed E-state index contributed by atoms with van der Waals surface area (Å²) < 4.78 is 0. The van der Waals surface area contributed by atoms with E-state index in [4.69, 9.17) is 0 Å². The predicted octanol–water partition coefficient (Wildman–Crippen LogP) is 0.769. The number of hydrogen-bond donors (Lipinski definition) is 2. The Morgan fingerprint density at radius 2 is 2.00 bits per heavy atom. The van der Waals surface area contributed by atoms with Crippen molar-refractivity contribution in [3.05, 3.63) is 35.4 Å². The number of carboxylic acids is 1. The van der Waals surface area contributed by atoms with Crippen molar-refractivity contribution in [2.45, 2.75) is 19.0 Å². The Hall–Kier alpha value is -2.08. The Kier molecular flexibility index (Phi) is 4.80. The molecule has 0 bridgehead atoms. The molecule has 114 valence electrons. The first-order valence-corrected chi connectivity index (χ1v) is 6.98. The van der Waals surface area contributed by atoms with Gasteiger partial charge in [-0.05, 0) is 25.2 Å². The zero-order chi connectivity index (χ0) is 15.4. The van der Waals surface area contributed by atoms with Gasteiger partial charge in [-0.2, -0.15) is 0 Å². The van der Waals surface area contributed by atoms with E-state index in [1.165, 1.54) is 4.90 Å². The number of rotatable bonds is 4. The van der Waals surface area contributed by atoms with Gasteiger partial charge in [-0.25, -0.2) is 9.59 Å². The first-order valence-electron chi connectivity index (χ1n) is 6.98. The molecule has 0 aliphatic carbocycles. The molecule has 0 saturated carbocycles. The summed E-state index contributed by atoms with van der Waals surface area (Å²) >= 11 is 0. The molecule has 1 aromatic rings. The van der Waals surface area contributed by atoms with Crippen LogP contribution in [0.3, 0.4) is 0 Å². The number of nitrogens with zero attached hydrogens (tertiary/aromatic N) is 2. The molecule has 2 N–H and O–H groups in total. The van der Waals surface area contributed by atoms with E-state index in [1.807, 2.05) is 43.3 Å². The number of carbonyl (C=O) groups excluding carboxylic acids is 1. The van der Waals surface area contributed by atoms with E-state index in [-0.39, 0.29) is 6.03 Å². The number of nitrogens with one attached hydrogen (secondary N) is 1. The first-order chi connectivity index (χ1) is 9.99. The van der Waals surface area contributed by atoms with Gasteiger partial charge in [-0.3, -0.25) is 0 Å². The average Bonchev–Trinajstić information content (AvgIpc) is 2.45. The highest BCUT2D eigenvalue weighted by atomic mass is 16.4. The normalized spacial score (nSPS) is 17.5. The SMILES string of the molecule is CN(C)CCNC(=O)N1Cc2ccccc2C[C@H]1C(=O)O. The Labute approximate surface area is 124 Å². The van der Waals surface area contributed by atoms with E-state index < -0.39 is 12.0 Å². The Morgan fingerprint density at radius 3 is 2.62 bits per heavy atom. The third-order valence-corrected chi connectivity index (χ3v) is 3.63. The number of fused-ring (bicyclic) bond motifs is 1. The van der Waals surface area contributed by atoms with Crippen molar-refractivity contribution in [3.63, 3.8) is 0 Å². The fraction of sp³-hybridized carbons (Fsp3) is 0.467. The van der Waals surface area contributed by atoms with Crippen LogP contribution in [0.1, 0.15) is 11.1 Å². The van der Waals surface area contributed by atoms with E-state index in [9.17, 15) is 14.7 Å². The van der Waals surface area contributed by atoms with Gasteiger partial charge in [-0.15, -0.1) is 0 Å². The summed E-state index contributed by atoms with van der Waals surface area (Å²) in [6.07, 6.45) is 0.354. The number of hydrogen-bond acceptors (Lipinski definition) is 3. The fourth-order valence-corrected chi connectivity index (χ4v) is 2.45. The molecular weight excluding hydrogens is 270 g/mol. The van der Waals surface area contributed by atoms with Crippen LogP contribution in [0.15, 0.2) is 24.3 Å². The predicted molar refractivity (Wildman–Crippen MR) is 79.1 cm³/mol. The summed E-state index contributed by atoms with van der Waals surface area (Å²) in [7, 11) is 3.84. The van der Waals surface area contributed by atoms with E-state index in [0.29, 0.717) is 26.1 Å². The van der Waals surface area contributed by atoms with Gasteiger partial charge in [0.2, 0.25) is 0 Å². The van der Waals surface area contributed by atoms with Crippen LogP contribution in [-0.2, 0) is 17.8 Å². The molecule has 0 radical (unpaired) electrons. The van der Waals surface area contributed by atoms with Gasteiger partial charge < -0.3 is 20.2 Å². The maximum Gasteiger partial charge on any atom is 0.326 e. The summed E-state index contributed by atoms with van der Waals surface area (Å²) in [5.41, 5.74) is 2.01. The fourth-order valence-electron chi connectivity index (χ4n) is 2.45. The lowest BCUT2D eigenvalue weighted by Gasteiger charge is -2.34.